The molecule has 0 aliphatic rings. The molecule has 0 aliphatic carbocycles. The van der Waals surface area contributed by atoms with E-state index in [4.69, 9.17) is 15.2 Å². The Morgan fingerprint density at radius 3 is 2.17 bits per heavy atom. The van der Waals surface area contributed by atoms with Crippen molar-refractivity contribution >= 4 is 17.7 Å². The Bertz CT molecular complexity index is 568. The number of benzene rings is 1. The van der Waals surface area contributed by atoms with Crippen molar-refractivity contribution in [2.45, 2.75) is 52.7 Å². The molecular weight excluding hydrogens is 296 g/mol. The van der Waals surface area contributed by atoms with E-state index in [2.05, 4.69) is 5.32 Å². The fourth-order valence-corrected chi connectivity index (χ4v) is 2.20. The minimum atomic E-state index is -0.822. The van der Waals surface area contributed by atoms with Crippen LogP contribution in [-0.4, -0.2) is 30.8 Å². The van der Waals surface area contributed by atoms with Crippen molar-refractivity contribution in [2.75, 3.05) is 12.8 Å². The molecule has 0 radical (unpaired) electrons. The molecule has 6 nitrogen and oxygen atoms in total. The lowest BCUT2D eigenvalue weighted by Crippen LogP contribution is -2.45. The van der Waals surface area contributed by atoms with Crippen molar-refractivity contribution in [1.29, 1.82) is 0 Å². The van der Waals surface area contributed by atoms with E-state index in [1.807, 2.05) is 26.0 Å². The van der Waals surface area contributed by atoms with Gasteiger partial charge in [0.15, 0.2) is 0 Å². The summed E-state index contributed by atoms with van der Waals surface area (Å²) in [7, 11) is 1.28. The number of rotatable bonds is 4. The Morgan fingerprint density at radius 1 is 1.22 bits per heavy atom. The van der Waals surface area contributed by atoms with Gasteiger partial charge >= 0.3 is 12.1 Å². The minimum absolute atomic E-state index is 0.299. The molecule has 1 aromatic rings. The van der Waals surface area contributed by atoms with Crippen LogP contribution in [0.1, 0.15) is 37.5 Å². The predicted octanol–water partition coefficient (Wildman–Crippen LogP) is 2.49. The van der Waals surface area contributed by atoms with Crippen LogP contribution in [0.15, 0.2) is 12.1 Å². The third-order valence-electron chi connectivity index (χ3n) is 3.27. The Balaban J connectivity index is 2.92. The maximum absolute atomic E-state index is 11.9. The molecule has 0 heterocycles. The number of nitrogen functional groups attached to an aromatic ring is 1. The molecule has 0 unspecified atom stereocenters. The van der Waals surface area contributed by atoms with Gasteiger partial charge in [-0.25, -0.2) is 9.59 Å². The van der Waals surface area contributed by atoms with E-state index in [9.17, 15) is 9.59 Å². The van der Waals surface area contributed by atoms with Crippen LogP contribution in [0.3, 0.4) is 0 Å². The lowest BCUT2D eigenvalue weighted by atomic mass is 9.99. The summed E-state index contributed by atoms with van der Waals surface area (Å²) in [5, 5.41) is 2.56. The Hall–Kier alpha value is -2.24. The standard InChI is InChI=1S/C17H26N2O4/c1-10-7-12(8-11(2)14(10)18)9-13(15(20)22-6)19-16(21)23-17(3,4)5/h7-8,13H,9,18H2,1-6H3,(H,19,21)/t13-/m1/s1. The first-order chi connectivity index (χ1) is 10.5. The van der Waals surface area contributed by atoms with Gasteiger partial charge in [-0.1, -0.05) is 12.1 Å². The summed E-state index contributed by atoms with van der Waals surface area (Å²) in [6.45, 7) is 9.08. The van der Waals surface area contributed by atoms with Gasteiger partial charge in [0.2, 0.25) is 0 Å². The normalized spacial score (nSPS) is 12.4. The van der Waals surface area contributed by atoms with Crippen LogP contribution in [0.2, 0.25) is 0 Å². The van der Waals surface area contributed by atoms with Crippen molar-refractivity contribution in [2.24, 2.45) is 0 Å². The molecule has 0 aromatic heterocycles. The first-order valence-corrected chi connectivity index (χ1v) is 7.46. The Morgan fingerprint density at radius 2 is 1.74 bits per heavy atom. The number of alkyl carbamates (subject to hydrolysis) is 1. The highest BCUT2D eigenvalue weighted by molar-refractivity contribution is 5.81. The summed E-state index contributed by atoms with van der Waals surface area (Å²) in [5.74, 6) is -0.525. The molecule has 1 aromatic carbocycles. The fraction of sp³-hybridized carbons (Fsp3) is 0.529. The number of carbonyl (C=O) groups excluding carboxylic acids is 2. The third-order valence-corrected chi connectivity index (χ3v) is 3.27. The van der Waals surface area contributed by atoms with Crippen LogP contribution in [0.4, 0.5) is 10.5 Å². The molecule has 6 heteroatoms. The molecule has 0 spiro atoms. The quantitative estimate of drug-likeness (QED) is 0.656. The van der Waals surface area contributed by atoms with Crippen LogP contribution < -0.4 is 11.1 Å². The highest BCUT2D eigenvalue weighted by Crippen LogP contribution is 2.20. The van der Waals surface area contributed by atoms with Crippen molar-refractivity contribution in [3.63, 3.8) is 0 Å². The molecule has 0 saturated carbocycles. The van der Waals surface area contributed by atoms with Crippen molar-refractivity contribution < 1.29 is 19.1 Å². The molecule has 128 valence electrons. The molecule has 1 atom stereocenters. The van der Waals surface area contributed by atoms with E-state index in [1.165, 1.54) is 7.11 Å². The number of nitrogens with two attached hydrogens (primary N) is 1. The second kappa shape index (κ2) is 7.35. The van der Waals surface area contributed by atoms with Gasteiger partial charge in [-0.2, -0.15) is 0 Å². The molecule has 0 saturated heterocycles. The third kappa shape index (κ3) is 5.81. The second-order valence-electron chi connectivity index (χ2n) is 6.57. The minimum Gasteiger partial charge on any atom is -0.467 e. The SMILES string of the molecule is COC(=O)[C@@H](Cc1cc(C)c(N)c(C)c1)NC(=O)OC(C)(C)C. The van der Waals surface area contributed by atoms with Crippen molar-refractivity contribution in [1.82, 2.24) is 5.32 Å². The number of hydrogen-bond donors (Lipinski definition) is 2. The number of anilines is 1. The largest absolute Gasteiger partial charge is 0.467 e. The number of esters is 1. The molecular formula is C17H26N2O4. The van der Waals surface area contributed by atoms with Gasteiger partial charge in [0, 0.05) is 12.1 Å². The zero-order valence-electron chi connectivity index (χ0n) is 14.6. The maximum atomic E-state index is 11.9. The zero-order valence-corrected chi connectivity index (χ0v) is 14.6. The van der Waals surface area contributed by atoms with Crippen LogP contribution in [0, 0.1) is 13.8 Å². The summed E-state index contributed by atoms with van der Waals surface area (Å²) >= 11 is 0. The van der Waals surface area contributed by atoms with Crippen molar-refractivity contribution in [3.05, 3.63) is 28.8 Å². The summed E-state index contributed by atoms with van der Waals surface area (Å²) in [5.41, 5.74) is 8.77. The van der Waals surface area contributed by atoms with Gasteiger partial charge in [-0.05, 0) is 51.3 Å². The van der Waals surface area contributed by atoms with E-state index in [-0.39, 0.29) is 0 Å². The van der Waals surface area contributed by atoms with E-state index >= 15 is 0 Å². The summed E-state index contributed by atoms with van der Waals surface area (Å²) < 4.78 is 9.96. The van der Waals surface area contributed by atoms with Crippen LogP contribution in [-0.2, 0) is 20.7 Å². The van der Waals surface area contributed by atoms with Gasteiger partial charge < -0.3 is 20.5 Å². The van der Waals surface area contributed by atoms with E-state index in [0.29, 0.717) is 6.42 Å². The average molecular weight is 322 g/mol. The number of methoxy groups -OCH3 is 1. The number of aryl methyl sites for hydroxylation is 2. The number of carbonyl (C=O) groups is 2. The Labute approximate surface area is 137 Å². The molecule has 23 heavy (non-hydrogen) atoms. The average Bonchev–Trinajstić information content (AvgIpc) is 2.41. The number of amides is 1. The van der Waals surface area contributed by atoms with E-state index in [1.54, 1.807) is 20.8 Å². The van der Waals surface area contributed by atoms with E-state index < -0.39 is 23.7 Å². The van der Waals surface area contributed by atoms with Gasteiger partial charge in [0.05, 0.1) is 7.11 Å². The van der Waals surface area contributed by atoms with Gasteiger partial charge in [-0.3, -0.25) is 0 Å². The number of nitrogens with one attached hydrogen (secondary N) is 1. The van der Waals surface area contributed by atoms with Gasteiger partial charge in [-0.15, -0.1) is 0 Å². The molecule has 1 amide bonds. The topological polar surface area (TPSA) is 90.6 Å². The molecule has 0 fully saturated rings. The lowest BCUT2D eigenvalue weighted by Gasteiger charge is -2.23. The fourth-order valence-electron chi connectivity index (χ4n) is 2.20. The molecule has 3 N–H and O–H groups in total. The molecule has 0 bridgehead atoms. The molecule has 1 rings (SSSR count). The highest BCUT2D eigenvalue weighted by atomic mass is 16.6. The monoisotopic (exact) mass is 322 g/mol. The highest BCUT2D eigenvalue weighted by Gasteiger charge is 2.25. The van der Waals surface area contributed by atoms with Crippen LogP contribution in [0.5, 0.6) is 0 Å². The van der Waals surface area contributed by atoms with Crippen LogP contribution >= 0.6 is 0 Å². The predicted molar refractivity (Wildman–Crippen MR) is 89.2 cm³/mol. The van der Waals surface area contributed by atoms with E-state index in [0.717, 1.165) is 22.4 Å². The number of ether oxygens (including phenoxy) is 2. The lowest BCUT2D eigenvalue weighted by molar-refractivity contribution is -0.143. The smallest absolute Gasteiger partial charge is 0.408 e. The second-order valence-corrected chi connectivity index (χ2v) is 6.57. The first kappa shape index (κ1) is 18.8. The van der Waals surface area contributed by atoms with Crippen molar-refractivity contribution in [3.8, 4) is 0 Å². The summed E-state index contributed by atoms with van der Waals surface area (Å²) in [4.78, 5) is 23.8. The van der Waals surface area contributed by atoms with Gasteiger partial charge in [0.25, 0.3) is 0 Å². The Kier molecular flexibility index (Phi) is 6.01. The van der Waals surface area contributed by atoms with Crippen LogP contribution in [0.25, 0.3) is 0 Å². The summed E-state index contributed by atoms with van der Waals surface area (Å²) in [6, 6.07) is 2.97. The zero-order chi connectivity index (χ0) is 17.8. The first-order valence-electron chi connectivity index (χ1n) is 7.46. The van der Waals surface area contributed by atoms with Gasteiger partial charge in [0.1, 0.15) is 11.6 Å². The molecule has 0 aliphatic heterocycles. The summed E-state index contributed by atoms with van der Waals surface area (Å²) in [6.07, 6.45) is -0.356. The number of hydrogen-bond acceptors (Lipinski definition) is 5. The maximum Gasteiger partial charge on any atom is 0.408 e.